The maximum Gasteiger partial charge on any atom is 0.170 e. The van der Waals surface area contributed by atoms with Crippen molar-refractivity contribution in [2.45, 2.75) is 39.0 Å². The van der Waals surface area contributed by atoms with Crippen LogP contribution in [0.25, 0.3) is 5.57 Å². The smallest absolute Gasteiger partial charge is 0.170 e. The van der Waals surface area contributed by atoms with Crippen molar-refractivity contribution in [1.29, 1.82) is 0 Å². The van der Waals surface area contributed by atoms with Crippen LogP contribution >= 0.6 is 15.9 Å². The van der Waals surface area contributed by atoms with Crippen molar-refractivity contribution >= 4 is 27.3 Å². The number of hydrogen-bond acceptors (Lipinski definition) is 3. The Balaban J connectivity index is 1.55. The molecule has 0 saturated heterocycles. The minimum Gasteiger partial charge on any atom is -0.511 e. The Morgan fingerprint density at radius 3 is 2.40 bits per heavy atom. The number of benzene rings is 2. The van der Waals surface area contributed by atoms with Crippen LogP contribution in [0.15, 0.2) is 46.6 Å². The summed E-state index contributed by atoms with van der Waals surface area (Å²) in [6.45, 7) is 2.03. The monoisotopic (exact) mass is 470 g/mol. The number of aliphatic hydroxyl groups is 1. The Morgan fingerprint density at radius 1 is 1.07 bits per heavy atom. The molecule has 2 bridgehead atoms. The number of aryl methyl sites for hydroxylation is 1. The van der Waals surface area contributed by atoms with Crippen LogP contribution in [0, 0.1) is 29.5 Å². The highest BCUT2D eigenvalue weighted by Gasteiger charge is 2.54. The first-order valence-corrected chi connectivity index (χ1v) is 11.5. The summed E-state index contributed by atoms with van der Waals surface area (Å²) in [5, 5.41) is 11.2. The highest BCUT2D eigenvalue weighted by atomic mass is 79.9. The summed E-state index contributed by atoms with van der Waals surface area (Å²) in [5.74, 6) is 1.13. The molecule has 1 N–H and O–H groups in total. The predicted octanol–water partition coefficient (Wildman–Crippen LogP) is 6.85. The molecule has 2 aromatic carbocycles. The SMILES string of the molecule is CCc1ccc(Oc2ccc(Br)cc2F)cc1C1=C(O)C2C(C1=O)[C@H]1CC[C@@H]2CC1. The average Bonchev–Trinajstić information content (AvgIpc) is 3.03. The van der Waals surface area contributed by atoms with Gasteiger partial charge in [-0.1, -0.05) is 28.9 Å². The first-order chi connectivity index (χ1) is 14.5. The summed E-state index contributed by atoms with van der Waals surface area (Å²) < 4.78 is 20.7. The van der Waals surface area contributed by atoms with Crippen molar-refractivity contribution in [3.63, 3.8) is 0 Å². The van der Waals surface area contributed by atoms with Gasteiger partial charge in [-0.05, 0) is 85.4 Å². The second kappa shape index (κ2) is 7.52. The Bertz CT molecular complexity index is 1050. The summed E-state index contributed by atoms with van der Waals surface area (Å²) in [5.41, 5.74) is 2.17. The molecule has 3 fully saturated rings. The molecule has 0 aromatic heterocycles. The molecule has 5 heteroatoms. The number of ketones is 1. The Morgan fingerprint density at radius 2 is 1.77 bits per heavy atom. The van der Waals surface area contributed by atoms with Crippen LogP contribution in [0.4, 0.5) is 4.39 Å². The van der Waals surface area contributed by atoms with Gasteiger partial charge in [0.25, 0.3) is 0 Å². The summed E-state index contributed by atoms with van der Waals surface area (Å²) in [4.78, 5) is 13.4. The van der Waals surface area contributed by atoms with E-state index in [9.17, 15) is 14.3 Å². The van der Waals surface area contributed by atoms with Crippen LogP contribution in [0.3, 0.4) is 0 Å². The average molecular weight is 471 g/mol. The van der Waals surface area contributed by atoms with Crippen LogP contribution < -0.4 is 4.74 Å². The van der Waals surface area contributed by atoms with Gasteiger partial charge >= 0.3 is 0 Å². The summed E-state index contributed by atoms with van der Waals surface area (Å²) in [6, 6.07) is 10.1. The van der Waals surface area contributed by atoms with Crippen LogP contribution in [-0.4, -0.2) is 10.9 Å². The first-order valence-electron chi connectivity index (χ1n) is 10.7. The molecule has 0 radical (unpaired) electrons. The van der Waals surface area contributed by atoms with Crippen molar-refractivity contribution in [2.24, 2.45) is 23.7 Å². The van der Waals surface area contributed by atoms with Crippen molar-refractivity contribution in [3.8, 4) is 11.5 Å². The van der Waals surface area contributed by atoms with Crippen molar-refractivity contribution in [3.05, 3.63) is 63.6 Å². The molecule has 4 aliphatic carbocycles. The zero-order chi connectivity index (χ0) is 21.0. The molecule has 0 aliphatic heterocycles. The molecule has 4 aliphatic rings. The predicted molar refractivity (Wildman–Crippen MR) is 117 cm³/mol. The minimum absolute atomic E-state index is 0.0294. The molecule has 2 aromatic rings. The summed E-state index contributed by atoms with van der Waals surface area (Å²) >= 11 is 3.25. The molecule has 6 rings (SSSR count). The largest absolute Gasteiger partial charge is 0.511 e. The lowest BCUT2D eigenvalue weighted by atomic mass is 9.59. The molecular weight excluding hydrogens is 447 g/mol. The van der Waals surface area contributed by atoms with Gasteiger partial charge in [-0.15, -0.1) is 0 Å². The lowest BCUT2D eigenvalue weighted by Crippen LogP contribution is -2.41. The molecule has 156 valence electrons. The Labute approximate surface area is 184 Å². The van der Waals surface area contributed by atoms with Crippen molar-refractivity contribution < 1.29 is 19.0 Å². The van der Waals surface area contributed by atoms with E-state index in [-0.39, 0.29) is 29.1 Å². The van der Waals surface area contributed by atoms with E-state index >= 15 is 0 Å². The second-order valence-electron chi connectivity index (χ2n) is 8.70. The molecule has 0 spiro atoms. The van der Waals surface area contributed by atoms with Crippen LogP contribution in [0.5, 0.6) is 11.5 Å². The molecule has 0 heterocycles. The maximum absolute atomic E-state index is 14.2. The number of ether oxygens (including phenoxy) is 1. The van der Waals surface area contributed by atoms with E-state index in [1.807, 2.05) is 13.0 Å². The lowest BCUT2D eigenvalue weighted by Gasteiger charge is -2.44. The molecule has 3 nitrogen and oxygen atoms in total. The van der Waals surface area contributed by atoms with Gasteiger partial charge in [-0.2, -0.15) is 0 Å². The fourth-order valence-electron chi connectivity index (χ4n) is 5.80. The highest BCUT2D eigenvalue weighted by Crippen LogP contribution is 2.57. The summed E-state index contributed by atoms with van der Waals surface area (Å²) in [7, 11) is 0. The maximum atomic E-state index is 14.2. The molecule has 30 heavy (non-hydrogen) atoms. The van der Waals surface area contributed by atoms with Crippen molar-refractivity contribution in [1.82, 2.24) is 0 Å². The van der Waals surface area contributed by atoms with Gasteiger partial charge in [0.05, 0.1) is 5.57 Å². The second-order valence-corrected chi connectivity index (χ2v) is 9.62. The van der Waals surface area contributed by atoms with E-state index in [4.69, 9.17) is 4.74 Å². The van der Waals surface area contributed by atoms with Crippen LogP contribution in [0.2, 0.25) is 0 Å². The van der Waals surface area contributed by atoms with Crippen LogP contribution in [0.1, 0.15) is 43.7 Å². The van der Waals surface area contributed by atoms with Gasteiger partial charge in [0, 0.05) is 16.3 Å². The van der Waals surface area contributed by atoms with Gasteiger partial charge < -0.3 is 9.84 Å². The summed E-state index contributed by atoms with van der Waals surface area (Å²) in [6.07, 6.45) is 5.11. The molecule has 2 atom stereocenters. The van der Waals surface area contributed by atoms with Gasteiger partial charge in [0.2, 0.25) is 0 Å². The fourth-order valence-corrected chi connectivity index (χ4v) is 6.13. The number of rotatable bonds is 4. The third kappa shape index (κ3) is 3.09. The zero-order valence-electron chi connectivity index (χ0n) is 16.8. The van der Waals surface area contributed by atoms with Crippen molar-refractivity contribution in [2.75, 3.05) is 0 Å². The number of Topliss-reactive ketones (excluding diaryl/α,β-unsaturated/α-hetero) is 1. The molecule has 2 unspecified atom stereocenters. The van der Waals surface area contributed by atoms with E-state index in [1.165, 1.54) is 6.07 Å². The zero-order valence-corrected chi connectivity index (χ0v) is 18.4. The molecule has 3 saturated carbocycles. The first kappa shape index (κ1) is 19.8. The molecule has 0 amide bonds. The number of fused-ring (bicyclic) bond motifs is 2. The Kier molecular flexibility index (Phi) is 4.97. The van der Waals surface area contributed by atoms with Gasteiger partial charge in [-0.25, -0.2) is 4.39 Å². The lowest BCUT2D eigenvalue weighted by molar-refractivity contribution is -0.123. The minimum atomic E-state index is -0.466. The third-order valence-electron chi connectivity index (χ3n) is 7.19. The number of aliphatic hydroxyl groups excluding tert-OH is 1. The number of carbonyl (C=O) groups is 1. The van der Waals surface area contributed by atoms with Gasteiger partial charge in [-0.3, -0.25) is 4.79 Å². The van der Waals surface area contributed by atoms with E-state index in [0.29, 0.717) is 27.6 Å². The van der Waals surface area contributed by atoms with Gasteiger partial charge in [0.1, 0.15) is 11.5 Å². The normalized spacial score (nSPS) is 27.5. The molecular formula is C25H24BrFO3. The van der Waals surface area contributed by atoms with E-state index in [1.54, 1.807) is 24.3 Å². The topological polar surface area (TPSA) is 46.5 Å². The van der Waals surface area contributed by atoms with E-state index in [2.05, 4.69) is 15.9 Å². The number of allylic oxidation sites excluding steroid dienone is 2. The van der Waals surface area contributed by atoms with E-state index in [0.717, 1.165) is 43.2 Å². The third-order valence-corrected chi connectivity index (χ3v) is 7.69. The standard InChI is InChI=1S/C25H24BrFO3/c1-2-13-7-9-17(30-20-10-8-16(26)11-19(20)27)12-18(13)23-24(28)21-14-3-4-15(6-5-14)22(21)25(23)29/h7-12,14-15,21-22,28H,2-6H2,1H3/t14-,15+,21?,22?. The fraction of sp³-hybridized carbons (Fsp3) is 0.400. The quantitative estimate of drug-likeness (QED) is 0.531. The Hall–Kier alpha value is -2.14. The van der Waals surface area contributed by atoms with Crippen LogP contribution in [-0.2, 0) is 11.2 Å². The van der Waals surface area contributed by atoms with E-state index < -0.39 is 5.82 Å². The number of halogens is 2. The van der Waals surface area contributed by atoms with Gasteiger partial charge in [0.15, 0.2) is 17.3 Å². The highest BCUT2D eigenvalue weighted by molar-refractivity contribution is 9.10. The number of hydrogen-bond donors (Lipinski definition) is 1. The number of carbonyl (C=O) groups excluding carboxylic acids is 1.